The van der Waals surface area contributed by atoms with E-state index in [0.29, 0.717) is 18.7 Å². The molecule has 23 heavy (non-hydrogen) atoms. The highest BCUT2D eigenvalue weighted by Crippen LogP contribution is 2.26. The molecule has 0 saturated carbocycles. The fourth-order valence-electron chi connectivity index (χ4n) is 2.69. The third kappa shape index (κ3) is 3.13. The van der Waals surface area contributed by atoms with E-state index in [1.54, 1.807) is 6.08 Å². The highest BCUT2D eigenvalue weighted by molar-refractivity contribution is 5.90. The first kappa shape index (κ1) is 15.0. The molecule has 0 aliphatic heterocycles. The van der Waals surface area contributed by atoms with Crippen LogP contribution in [0.5, 0.6) is 0 Å². The molecule has 0 radical (unpaired) electrons. The summed E-state index contributed by atoms with van der Waals surface area (Å²) in [6.07, 6.45) is 5.82. The Bertz CT molecular complexity index is 770. The third-order valence-corrected chi connectivity index (χ3v) is 3.93. The molecular formula is C16H16N4O3. The summed E-state index contributed by atoms with van der Waals surface area (Å²) in [5.41, 5.74) is 6.10. The molecule has 3 rings (SSSR count). The number of hydrogen-bond acceptors (Lipinski definition) is 5. The number of allylic oxidation sites excluding steroid dienone is 2. The largest absolute Gasteiger partial charge is 0.481 e. The molecule has 7 nitrogen and oxygen atoms in total. The summed E-state index contributed by atoms with van der Waals surface area (Å²) in [4.78, 5) is 31.8. The van der Waals surface area contributed by atoms with Crippen LogP contribution in [0.15, 0.2) is 42.7 Å². The van der Waals surface area contributed by atoms with Crippen LogP contribution < -0.4 is 10.9 Å². The minimum absolute atomic E-state index is 0.357. The van der Waals surface area contributed by atoms with Crippen LogP contribution in [0.25, 0.3) is 10.9 Å². The number of aromatic nitrogens is 2. The highest BCUT2D eigenvalue weighted by Gasteiger charge is 2.33. The molecule has 118 valence electrons. The minimum Gasteiger partial charge on any atom is -0.481 e. The number of carboxylic acid groups (broad SMARTS) is 1. The number of nitrogens with zero attached hydrogens (tertiary/aromatic N) is 2. The molecule has 0 unspecified atom stereocenters. The lowest BCUT2D eigenvalue weighted by molar-refractivity contribution is -0.147. The van der Waals surface area contributed by atoms with Gasteiger partial charge >= 0.3 is 5.97 Å². The second-order valence-electron chi connectivity index (χ2n) is 5.35. The quantitative estimate of drug-likeness (QED) is 0.587. The summed E-state index contributed by atoms with van der Waals surface area (Å²) >= 11 is 0. The average molecular weight is 312 g/mol. The van der Waals surface area contributed by atoms with Crippen LogP contribution in [0.2, 0.25) is 0 Å². The smallest absolute Gasteiger partial charge is 0.307 e. The van der Waals surface area contributed by atoms with Gasteiger partial charge in [0.25, 0.3) is 0 Å². The molecule has 1 amide bonds. The summed E-state index contributed by atoms with van der Waals surface area (Å²) in [6.45, 7) is 0. The fourth-order valence-corrected chi connectivity index (χ4v) is 2.69. The van der Waals surface area contributed by atoms with Crippen LogP contribution >= 0.6 is 0 Å². The number of hydrazine groups is 1. The lowest BCUT2D eigenvalue weighted by atomic mass is 9.82. The van der Waals surface area contributed by atoms with Gasteiger partial charge in [0.2, 0.25) is 5.91 Å². The van der Waals surface area contributed by atoms with Crippen molar-refractivity contribution in [3.05, 3.63) is 42.7 Å². The van der Waals surface area contributed by atoms with Crippen LogP contribution in [-0.2, 0) is 9.59 Å². The summed E-state index contributed by atoms with van der Waals surface area (Å²) in [5.74, 6) is -2.14. The zero-order valence-corrected chi connectivity index (χ0v) is 12.3. The number of anilines is 1. The topological polar surface area (TPSA) is 104 Å². The number of carboxylic acids is 1. The van der Waals surface area contributed by atoms with Gasteiger partial charge in [-0.3, -0.25) is 20.4 Å². The summed E-state index contributed by atoms with van der Waals surface area (Å²) in [5, 5.41) is 10.0. The van der Waals surface area contributed by atoms with Crippen molar-refractivity contribution < 1.29 is 14.7 Å². The molecule has 0 saturated heterocycles. The second kappa shape index (κ2) is 6.43. The first-order valence-electron chi connectivity index (χ1n) is 7.30. The van der Waals surface area contributed by atoms with Crippen LogP contribution in [0.1, 0.15) is 12.8 Å². The third-order valence-electron chi connectivity index (χ3n) is 3.93. The predicted molar refractivity (Wildman–Crippen MR) is 84.3 cm³/mol. The van der Waals surface area contributed by atoms with Crippen LogP contribution in [-0.4, -0.2) is 27.0 Å². The van der Waals surface area contributed by atoms with E-state index in [9.17, 15) is 14.7 Å². The molecule has 1 aliphatic rings. The van der Waals surface area contributed by atoms with E-state index in [0.717, 1.165) is 10.9 Å². The molecule has 1 heterocycles. The number of amides is 1. The molecule has 0 bridgehead atoms. The van der Waals surface area contributed by atoms with E-state index >= 15 is 0 Å². The maximum absolute atomic E-state index is 12.3. The second-order valence-corrected chi connectivity index (χ2v) is 5.35. The van der Waals surface area contributed by atoms with Crippen LogP contribution in [0.3, 0.4) is 0 Å². The number of benzene rings is 1. The lowest BCUT2D eigenvalue weighted by Crippen LogP contribution is -2.41. The Morgan fingerprint density at radius 1 is 1.09 bits per heavy atom. The van der Waals surface area contributed by atoms with E-state index in [1.807, 2.05) is 30.3 Å². The van der Waals surface area contributed by atoms with Crippen molar-refractivity contribution in [3.8, 4) is 0 Å². The van der Waals surface area contributed by atoms with Gasteiger partial charge in [0, 0.05) is 5.39 Å². The van der Waals surface area contributed by atoms with Gasteiger partial charge in [-0.1, -0.05) is 24.3 Å². The van der Waals surface area contributed by atoms with Crippen LogP contribution in [0, 0.1) is 11.8 Å². The number of fused-ring (bicyclic) bond motifs is 1. The van der Waals surface area contributed by atoms with E-state index in [-0.39, 0.29) is 5.91 Å². The normalized spacial score (nSPS) is 20.2. The zero-order chi connectivity index (χ0) is 16.2. The lowest BCUT2D eigenvalue weighted by Gasteiger charge is -2.24. The van der Waals surface area contributed by atoms with E-state index in [1.165, 1.54) is 6.33 Å². The number of carbonyl (C=O) groups excluding carboxylic acids is 1. The Hall–Kier alpha value is -2.96. The average Bonchev–Trinajstić information content (AvgIpc) is 2.59. The molecule has 2 atom stereocenters. The highest BCUT2D eigenvalue weighted by atomic mass is 16.4. The van der Waals surface area contributed by atoms with E-state index in [2.05, 4.69) is 20.8 Å². The maximum atomic E-state index is 12.3. The number of hydrogen-bond donors (Lipinski definition) is 3. The van der Waals surface area contributed by atoms with Gasteiger partial charge in [0.1, 0.15) is 6.33 Å². The molecular weight excluding hydrogens is 296 g/mol. The maximum Gasteiger partial charge on any atom is 0.307 e. The Labute approximate surface area is 132 Å². The number of rotatable bonds is 4. The van der Waals surface area contributed by atoms with Crippen molar-refractivity contribution in [3.63, 3.8) is 0 Å². The molecule has 1 aromatic heterocycles. The van der Waals surface area contributed by atoms with Gasteiger partial charge in [0.15, 0.2) is 5.82 Å². The standard InChI is InChI=1S/C16H16N4O3/c21-15(10-5-1-2-6-11(10)16(22)23)20-19-14-12-7-3-4-8-13(12)17-9-18-14/h1-4,7-11H,5-6H2,(H,20,21)(H,22,23)(H,17,18,19)/t10-,11+/m1/s1. The first-order valence-corrected chi connectivity index (χ1v) is 7.30. The van der Waals surface area contributed by atoms with Gasteiger partial charge in [0.05, 0.1) is 17.4 Å². The molecule has 0 fully saturated rings. The van der Waals surface area contributed by atoms with Crippen molar-refractivity contribution in [2.45, 2.75) is 12.8 Å². The molecule has 3 N–H and O–H groups in total. The monoisotopic (exact) mass is 312 g/mol. The first-order chi connectivity index (χ1) is 11.2. The molecule has 0 spiro atoms. The number of aliphatic carboxylic acids is 1. The molecule has 1 aliphatic carbocycles. The minimum atomic E-state index is -0.956. The Balaban J connectivity index is 1.73. The van der Waals surface area contributed by atoms with E-state index < -0.39 is 17.8 Å². The summed E-state index contributed by atoms with van der Waals surface area (Å²) in [7, 11) is 0. The van der Waals surface area contributed by atoms with E-state index in [4.69, 9.17) is 0 Å². The van der Waals surface area contributed by atoms with Gasteiger partial charge in [-0.2, -0.15) is 0 Å². The SMILES string of the molecule is O=C(O)[C@H]1CC=CC[C@H]1C(=O)NNc1ncnc2ccccc12. The van der Waals surface area contributed by atoms with Gasteiger partial charge < -0.3 is 5.11 Å². The van der Waals surface area contributed by atoms with Crippen molar-refractivity contribution in [2.24, 2.45) is 11.8 Å². The predicted octanol–water partition coefficient (Wildman–Crippen LogP) is 1.74. The van der Waals surface area contributed by atoms with Gasteiger partial charge in [-0.15, -0.1) is 0 Å². The Kier molecular flexibility index (Phi) is 4.18. The van der Waals surface area contributed by atoms with Crippen LogP contribution in [0.4, 0.5) is 5.82 Å². The van der Waals surface area contributed by atoms with Crippen molar-refractivity contribution in [1.29, 1.82) is 0 Å². The molecule has 2 aromatic rings. The zero-order valence-electron chi connectivity index (χ0n) is 12.3. The van der Waals surface area contributed by atoms with Crippen molar-refractivity contribution in [2.75, 3.05) is 5.43 Å². The van der Waals surface area contributed by atoms with Gasteiger partial charge in [-0.25, -0.2) is 9.97 Å². The Morgan fingerprint density at radius 3 is 2.61 bits per heavy atom. The number of para-hydroxylation sites is 1. The van der Waals surface area contributed by atoms with Crippen molar-refractivity contribution in [1.82, 2.24) is 15.4 Å². The summed E-state index contributed by atoms with van der Waals surface area (Å²) in [6, 6.07) is 7.40. The molecule has 1 aromatic carbocycles. The Morgan fingerprint density at radius 2 is 1.83 bits per heavy atom. The number of nitrogens with one attached hydrogen (secondary N) is 2. The van der Waals surface area contributed by atoms with Gasteiger partial charge in [-0.05, 0) is 25.0 Å². The number of carbonyl (C=O) groups is 2. The summed E-state index contributed by atoms with van der Waals surface area (Å²) < 4.78 is 0. The fraction of sp³-hybridized carbons (Fsp3) is 0.250. The van der Waals surface area contributed by atoms with Crippen molar-refractivity contribution >= 4 is 28.6 Å². The molecule has 7 heteroatoms.